The minimum Gasteiger partial charge on any atom is -0.492 e. The highest BCUT2D eigenvalue weighted by Crippen LogP contribution is 2.30. The molecule has 1 saturated heterocycles. The summed E-state index contributed by atoms with van der Waals surface area (Å²) in [6, 6.07) is 7.56. The number of hydrogen-bond acceptors (Lipinski definition) is 10. The number of esters is 1. The van der Waals surface area contributed by atoms with Gasteiger partial charge in [-0.1, -0.05) is 12.1 Å². The summed E-state index contributed by atoms with van der Waals surface area (Å²) < 4.78 is 22.9. The van der Waals surface area contributed by atoms with Crippen molar-refractivity contribution < 1.29 is 23.7 Å². The molecule has 3 heterocycles. The second kappa shape index (κ2) is 12.7. The molecular weight excluding hydrogens is 492 g/mol. The van der Waals surface area contributed by atoms with E-state index in [9.17, 15) is 9.59 Å². The molecule has 206 valence electrons. The first kappa shape index (κ1) is 27.4. The number of carbonyl (C=O) groups excluding carboxylic acids is 1. The van der Waals surface area contributed by atoms with Crippen LogP contribution < -0.4 is 20.9 Å². The summed E-state index contributed by atoms with van der Waals surface area (Å²) >= 11 is 0. The molecule has 0 radical (unpaired) electrons. The van der Waals surface area contributed by atoms with E-state index in [-0.39, 0.29) is 42.6 Å². The number of benzene rings is 1. The molecule has 3 aromatic rings. The smallest absolute Gasteiger partial charge is 0.328 e. The molecule has 1 fully saturated rings. The Hall–Kier alpha value is -3.64. The number of aromatic nitrogens is 4. The molecule has 12 nitrogen and oxygen atoms in total. The van der Waals surface area contributed by atoms with Gasteiger partial charge in [0.2, 0.25) is 0 Å². The summed E-state index contributed by atoms with van der Waals surface area (Å²) in [7, 11) is 2.96. The predicted molar refractivity (Wildman–Crippen MR) is 141 cm³/mol. The van der Waals surface area contributed by atoms with E-state index in [1.807, 2.05) is 31.2 Å². The van der Waals surface area contributed by atoms with E-state index in [2.05, 4.69) is 19.9 Å². The zero-order valence-electron chi connectivity index (χ0n) is 22.1. The molecule has 0 saturated carbocycles. The highest BCUT2D eigenvalue weighted by atomic mass is 16.5. The molecule has 0 spiro atoms. The van der Waals surface area contributed by atoms with E-state index in [0.29, 0.717) is 30.3 Å². The number of nitrogens with one attached hydrogen (secondary N) is 1. The summed E-state index contributed by atoms with van der Waals surface area (Å²) in [6.45, 7) is 5.87. The van der Waals surface area contributed by atoms with Gasteiger partial charge in [0.05, 0.1) is 20.1 Å². The molecule has 1 aromatic carbocycles. The quantitative estimate of drug-likeness (QED) is 0.263. The largest absolute Gasteiger partial charge is 0.492 e. The highest BCUT2D eigenvalue weighted by Gasteiger charge is 2.28. The second-order valence-corrected chi connectivity index (χ2v) is 9.40. The van der Waals surface area contributed by atoms with Crippen LogP contribution in [0, 0.1) is 5.92 Å². The van der Waals surface area contributed by atoms with Crippen LogP contribution in [0.4, 0.5) is 5.82 Å². The van der Waals surface area contributed by atoms with Crippen LogP contribution >= 0.6 is 0 Å². The Morgan fingerprint density at radius 2 is 1.95 bits per heavy atom. The lowest BCUT2D eigenvalue weighted by molar-refractivity contribution is -0.139. The van der Waals surface area contributed by atoms with Crippen LogP contribution in [-0.4, -0.2) is 84.1 Å². The second-order valence-electron chi connectivity index (χ2n) is 9.40. The molecule has 0 aliphatic carbocycles. The van der Waals surface area contributed by atoms with Crippen LogP contribution in [0.25, 0.3) is 11.2 Å². The third-order valence-corrected chi connectivity index (χ3v) is 6.97. The zero-order chi connectivity index (χ0) is 27.1. The van der Waals surface area contributed by atoms with Gasteiger partial charge in [-0.05, 0) is 56.5 Å². The molecule has 4 rings (SSSR count). The Bertz CT molecular complexity index is 1280. The first-order chi connectivity index (χ1) is 18.4. The van der Waals surface area contributed by atoms with Crippen molar-refractivity contribution in [1.82, 2.24) is 24.4 Å². The number of aromatic amines is 1. The zero-order valence-corrected chi connectivity index (χ0v) is 22.1. The lowest BCUT2D eigenvalue weighted by Crippen LogP contribution is -2.39. The van der Waals surface area contributed by atoms with Gasteiger partial charge in [-0.3, -0.25) is 14.3 Å². The molecule has 1 unspecified atom stereocenters. The minimum absolute atomic E-state index is 0.0756. The molecule has 1 aliphatic heterocycles. The van der Waals surface area contributed by atoms with Crippen LogP contribution in [0.15, 0.2) is 29.1 Å². The number of nitrogen functional groups attached to an aromatic ring is 1. The first-order valence-corrected chi connectivity index (χ1v) is 12.8. The average molecular weight is 529 g/mol. The van der Waals surface area contributed by atoms with Crippen molar-refractivity contribution in [3.63, 3.8) is 0 Å². The van der Waals surface area contributed by atoms with Gasteiger partial charge in [0.1, 0.15) is 24.5 Å². The number of rotatable bonds is 12. The van der Waals surface area contributed by atoms with Gasteiger partial charge < -0.3 is 29.7 Å². The number of carbonyl (C=O) groups is 1. The Kier molecular flexibility index (Phi) is 9.19. The summed E-state index contributed by atoms with van der Waals surface area (Å²) in [6.07, 6.45) is 2.10. The number of nitrogens with zero attached hydrogens (tertiary/aromatic N) is 4. The predicted octanol–water partition coefficient (Wildman–Crippen LogP) is 1.79. The van der Waals surface area contributed by atoms with Crippen LogP contribution in [-0.2, 0) is 20.7 Å². The maximum absolute atomic E-state index is 12.9. The van der Waals surface area contributed by atoms with Crippen molar-refractivity contribution in [1.29, 1.82) is 0 Å². The van der Waals surface area contributed by atoms with Crippen LogP contribution in [0.1, 0.15) is 31.4 Å². The summed E-state index contributed by atoms with van der Waals surface area (Å²) in [5.74, 6) is 0.936. The van der Waals surface area contributed by atoms with Crippen molar-refractivity contribution in [3.05, 3.63) is 40.3 Å². The number of ether oxygens (including phenoxy) is 4. The monoisotopic (exact) mass is 528 g/mol. The lowest BCUT2D eigenvalue weighted by atomic mass is 9.90. The number of H-pyrrole nitrogens is 1. The molecular formula is C26H36N6O6. The highest BCUT2D eigenvalue weighted by molar-refractivity contribution is 5.82. The molecule has 3 N–H and O–H groups in total. The van der Waals surface area contributed by atoms with Crippen LogP contribution in [0.5, 0.6) is 11.8 Å². The third kappa shape index (κ3) is 6.62. The van der Waals surface area contributed by atoms with E-state index >= 15 is 0 Å². The number of fused-ring (bicyclic) bond motifs is 1. The number of anilines is 1. The van der Waals surface area contributed by atoms with E-state index in [1.165, 1.54) is 7.11 Å². The van der Waals surface area contributed by atoms with Crippen molar-refractivity contribution in [2.24, 2.45) is 5.92 Å². The minimum atomic E-state index is -0.277. The Morgan fingerprint density at radius 3 is 2.68 bits per heavy atom. The topological polar surface area (TPSA) is 147 Å². The summed E-state index contributed by atoms with van der Waals surface area (Å²) in [5.41, 5.74) is 7.56. The van der Waals surface area contributed by atoms with Gasteiger partial charge >= 0.3 is 17.7 Å². The van der Waals surface area contributed by atoms with E-state index in [1.54, 1.807) is 11.7 Å². The fraction of sp³-hybridized carbons (Fsp3) is 0.538. The summed E-state index contributed by atoms with van der Waals surface area (Å²) in [5, 5.41) is 0. The van der Waals surface area contributed by atoms with Crippen LogP contribution in [0.2, 0.25) is 0 Å². The van der Waals surface area contributed by atoms with Gasteiger partial charge in [0, 0.05) is 19.7 Å². The lowest BCUT2D eigenvalue weighted by Gasteiger charge is -2.35. The van der Waals surface area contributed by atoms with Gasteiger partial charge in [-0.15, -0.1) is 0 Å². The number of imidazole rings is 1. The number of piperidine rings is 1. The van der Waals surface area contributed by atoms with Gasteiger partial charge in [-0.25, -0.2) is 4.79 Å². The van der Waals surface area contributed by atoms with Crippen molar-refractivity contribution in [3.8, 4) is 11.8 Å². The first-order valence-electron chi connectivity index (χ1n) is 12.8. The van der Waals surface area contributed by atoms with Crippen LogP contribution in [0.3, 0.4) is 0 Å². The Labute approximate surface area is 221 Å². The van der Waals surface area contributed by atoms with Gasteiger partial charge in [-0.2, -0.15) is 9.97 Å². The number of likely N-dealkylation sites (tertiary alicyclic amines) is 1. The number of hydrogen-bond donors (Lipinski definition) is 2. The molecule has 0 bridgehead atoms. The molecule has 12 heteroatoms. The van der Waals surface area contributed by atoms with Crippen molar-refractivity contribution in [2.45, 2.75) is 32.2 Å². The summed E-state index contributed by atoms with van der Waals surface area (Å²) in [4.78, 5) is 38.1. The van der Waals surface area contributed by atoms with E-state index in [0.717, 1.165) is 43.8 Å². The van der Waals surface area contributed by atoms with E-state index in [4.69, 9.17) is 24.7 Å². The molecule has 0 amide bonds. The van der Waals surface area contributed by atoms with E-state index < -0.39 is 0 Å². The Morgan fingerprint density at radius 1 is 1.16 bits per heavy atom. The fourth-order valence-corrected chi connectivity index (χ4v) is 4.81. The molecule has 1 aliphatic rings. The van der Waals surface area contributed by atoms with Gasteiger partial charge in [0.25, 0.3) is 0 Å². The Balaban J connectivity index is 1.32. The SMILES string of the molecule is COCCOc1nc(N)c2[nH]c(=O)n(C(C)C3CCN(CCOc4cccc(CC(=O)OC)c4)CC3)c2n1. The number of methoxy groups -OCH3 is 2. The van der Waals surface area contributed by atoms with Crippen molar-refractivity contribution >= 4 is 23.0 Å². The maximum atomic E-state index is 12.9. The third-order valence-electron chi connectivity index (χ3n) is 6.97. The molecule has 38 heavy (non-hydrogen) atoms. The normalized spacial score (nSPS) is 15.4. The van der Waals surface area contributed by atoms with Gasteiger partial charge in [0.15, 0.2) is 11.5 Å². The average Bonchev–Trinajstić information content (AvgIpc) is 3.25. The standard InChI is InChI=1S/C26H36N6O6/c1-17(32-24-22(28-26(32)34)23(27)29-25(30-24)38-14-13-35-2)19-7-9-31(10-8-19)11-12-37-20-6-4-5-18(15-20)16-21(33)36-3/h4-6,15,17,19H,7-14,16H2,1-3H3,(H,28,34)(H2,27,29,30). The molecule has 2 aromatic heterocycles. The van der Waals surface area contributed by atoms with Crippen molar-refractivity contribution in [2.75, 3.05) is 59.4 Å². The molecule has 1 atom stereocenters. The fourth-order valence-electron chi connectivity index (χ4n) is 4.81. The number of nitrogens with two attached hydrogens (primary N) is 1. The maximum Gasteiger partial charge on any atom is 0.328 e.